The predicted molar refractivity (Wildman–Crippen MR) is 89.4 cm³/mol. The number of halogens is 2. The zero-order valence-corrected chi connectivity index (χ0v) is 13.8. The van der Waals surface area contributed by atoms with Crippen molar-refractivity contribution in [2.75, 3.05) is 19.0 Å². The molecule has 0 spiro atoms. The maximum Gasteiger partial charge on any atom is 0.319 e. The second kappa shape index (κ2) is 7.29. The number of hydrogen-bond donors (Lipinski definition) is 2. The number of benzene rings is 2. The Bertz CT molecular complexity index is 695. The quantitative estimate of drug-likeness (QED) is 0.866. The molecular formula is C18H20F2N2O2. The van der Waals surface area contributed by atoms with Gasteiger partial charge in [0, 0.05) is 12.0 Å². The highest BCUT2D eigenvalue weighted by molar-refractivity contribution is 5.89. The van der Waals surface area contributed by atoms with E-state index in [1.807, 2.05) is 38.1 Å². The summed E-state index contributed by atoms with van der Waals surface area (Å²) in [5.41, 5.74) is 0.176. The van der Waals surface area contributed by atoms with Crippen LogP contribution in [0.5, 0.6) is 5.75 Å². The van der Waals surface area contributed by atoms with Crippen LogP contribution in [0, 0.1) is 11.6 Å². The van der Waals surface area contributed by atoms with E-state index < -0.39 is 23.4 Å². The van der Waals surface area contributed by atoms with E-state index in [0.29, 0.717) is 6.54 Å². The molecule has 0 bridgehead atoms. The fraction of sp³-hybridized carbons (Fsp3) is 0.278. The van der Waals surface area contributed by atoms with Crippen LogP contribution in [0.4, 0.5) is 19.3 Å². The largest absolute Gasteiger partial charge is 0.497 e. The Morgan fingerprint density at radius 3 is 2.21 bits per heavy atom. The lowest BCUT2D eigenvalue weighted by Crippen LogP contribution is -2.39. The zero-order valence-electron chi connectivity index (χ0n) is 13.8. The van der Waals surface area contributed by atoms with E-state index in [1.54, 1.807) is 7.11 Å². The van der Waals surface area contributed by atoms with Crippen LogP contribution in [-0.4, -0.2) is 19.7 Å². The minimum Gasteiger partial charge on any atom is -0.497 e. The molecule has 2 aromatic carbocycles. The van der Waals surface area contributed by atoms with Crippen molar-refractivity contribution >= 4 is 11.7 Å². The van der Waals surface area contributed by atoms with Gasteiger partial charge in [-0.1, -0.05) is 32.0 Å². The number of para-hydroxylation sites is 1. The molecule has 24 heavy (non-hydrogen) atoms. The van der Waals surface area contributed by atoms with Gasteiger partial charge in [-0.2, -0.15) is 0 Å². The van der Waals surface area contributed by atoms with Crippen molar-refractivity contribution in [2.24, 2.45) is 0 Å². The van der Waals surface area contributed by atoms with Crippen molar-refractivity contribution in [3.05, 3.63) is 59.7 Å². The highest BCUT2D eigenvalue weighted by Crippen LogP contribution is 2.24. The number of methoxy groups -OCH3 is 1. The summed E-state index contributed by atoms with van der Waals surface area (Å²) >= 11 is 0. The second-order valence-corrected chi connectivity index (χ2v) is 6.02. The third-order valence-electron chi connectivity index (χ3n) is 3.76. The molecule has 2 rings (SSSR count). The third-order valence-corrected chi connectivity index (χ3v) is 3.76. The van der Waals surface area contributed by atoms with E-state index in [1.165, 1.54) is 6.07 Å². The summed E-state index contributed by atoms with van der Waals surface area (Å²) in [5, 5.41) is 4.84. The van der Waals surface area contributed by atoms with Gasteiger partial charge in [0.1, 0.15) is 23.1 Å². The van der Waals surface area contributed by atoms with Crippen molar-refractivity contribution in [1.82, 2.24) is 5.32 Å². The van der Waals surface area contributed by atoms with Crippen LogP contribution in [0.1, 0.15) is 19.4 Å². The molecule has 0 saturated heterocycles. The minimum absolute atomic E-state index is 0.293. The van der Waals surface area contributed by atoms with Crippen LogP contribution in [0.25, 0.3) is 0 Å². The number of amides is 2. The number of rotatable bonds is 5. The number of carbonyl (C=O) groups is 1. The average molecular weight is 334 g/mol. The first-order chi connectivity index (χ1) is 11.3. The van der Waals surface area contributed by atoms with Crippen LogP contribution in [0.2, 0.25) is 0 Å². The molecule has 0 aromatic heterocycles. The summed E-state index contributed by atoms with van der Waals surface area (Å²) in [6.07, 6.45) is 0. The maximum atomic E-state index is 13.5. The molecule has 0 aliphatic carbocycles. The average Bonchev–Trinajstić information content (AvgIpc) is 2.56. The van der Waals surface area contributed by atoms with Gasteiger partial charge in [-0.3, -0.25) is 0 Å². The minimum atomic E-state index is -0.820. The first-order valence-corrected chi connectivity index (χ1v) is 7.47. The van der Waals surface area contributed by atoms with E-state index in [-0.39, 0.29) is 5.41 Å². The lowest BCUT2D eigenvalue weighted by atomic mass is 9.84. The molecular weight excluding hydrogens is 314 g/mol. The molecule has 0 fully saturated rings. The molecule has 2 amide bonds. The van der Waals surface area contributed by atoms with E-state index >= 15 is 0 Å². The van der Waals surface area contributed by atoms with Crippen molar-refractivity contribution in [2.45, 2.75) is 19.3 Å². The first kappa shape index (κ1) is 17.7. The summed E-state index contributed by atoms with van der Waals surface area (Å²) in [4.78, 5) is 11.9. The van der Waals surface area contributed by atoms with Gasteiger partial charge in [0.25, 0.3) is 0 Å². The molecule has 128 valence electrons. The summed E-state index contributed by atoms with van der Waals surface area (Å²) in [7, 11) is 1.59. The van der Waals surface area contributed by atoms with Gasteiger partial charge in [0.05, 0.1) is 7.11 Å². The fourth-order valence-electron chi connectivity index (χ4n) is 2.22. The van der Waals surface area contributed by atoms with Crippen molar-refractivity contribution in [1.29, 1.82) is 0 Å². The molecule has 0 heterocycles. The lowest BCUT2D eigenvalue weighted by Gasteiger charge is -2.26. The Morgan fingerprint density at radius 1 is 1.08 bits per heavy atom. The van der Waals surface area contributed by atoms with Gasteiger partial charge in [-0.05, 0) is 29.8 Å². The topological polar surface area (TPSA) is 50.4 Å². The molecule has 2 N–H and O–H groups in total. The van der Waals surface area contributed by atoms with Crippen LogP contribution in [0.3, 0.4) is 0 Å². The molecule has 0 unspecified atom stereocenters. The Labute approximate surface area is 139 Å². The normalized spacial score (nSPS) is 11.0. The van der Waals surface area contributed by atoms with Gasteiger partial charge in [-0.15, -0.1) is 0 Å². The van der Waals surface area contributed by atoms with Crippen molar-refractivity contribution in [3.63, 3.8) is 0 Å². The molecule has 0 aliphatic heterocycles. The Morgan fingerprint density at radius 2 is 1.67 bits per heavy atom. The van der Waals surface area contributed by atoms with Crippen molar-refractivity contribution in [3.8, 4) is 5.75 Å². The number of nitrogens with one attached hydrogen (secondary N) is 2. The van der Waals surface area contributed by atoms with Crippen LogP contribution < -0.4 is 15.4 Å². The molecule has 4 nitrogen and oxygen atoms in total. The van der Waals surface area contributed by atoms with Crippen molar-refractivity contribution < 1.29 is 18.3 Å². The summed E-state index contributed by atoms with van der Waals surface area (Å²) in [6.45, 7) is 4.21. The van der Waals surface area contributed by atoms with Crippen LogP contribution in [-0.2, 0) is 5.41 Å². The molecule has 0 aliphatic rings. The second-order valence-electron chi connectivity index (χ2n) is 6.02. The third kappa shape index (κ3) is 4.22. The predicted octanol–water partition coefficient (Wildman–Crippen LogP) is 4.07. The van der Waals surface area contributed by atoms with Gasteiger partial charge in [0.15, 0.2) is 0 Å². The smallest absolute Gasteiger partial charge is 0.319 e. The van der Waals surface area contributed by atoms with Gasteiger partial charge < -0.3 is 15.4 Å². The van der Waals surface area contributed by atoms with Crippen LogP contribution in [0.15, 0.2) is 42.5 Å². The Hall–Kier alpha value is -2.63. The first-order valence-electron chi connectivity index (χ1n) is 7.47. The fourth-order valence-corrected chi connectivity index (χ4v) is 2.22. The molecule has 6 heteroatoms. The standard InChI is InChI=1S/C18H20F2N2O2/c1-18(2,12-7-9-13(24-3)10-8-12)11-21-17(23)22-16-14(19)5-4-6-15(16)20/h4-10H,11H2,1-3H3,(H2,21,22,23). The maximum absolute atomic E-state index is 13.5. The van der Waals surface area contributed by atoms with Gasteiger partial charge in [0.2, 0.25) is 0 Å². The van der Waals surface area contributed by atoms with E-state index in [9.17, 15) is 13.6 Å². The SMILES string of the molecule is COc1ccc(C(C)(C)CNC(=O)Nc2c(F)cccc2F)cc1. The zero-order chi connectivity index (χ0) is 17.7. The van der Waals surface area contributed by atoms with Gasteiger partial charge in [-0.25, -0.2) is 13.6 Å². The molecule has 0 saturated carbocycles. The number of anilines is 1. The number of urea groups is 1. The van der Waals surface area contributed by atoms with Crippen LogP contribution >= 0.6 is 0 Å². The summed E-state index contributed by atoms with van der Waals surface area (Å²) in [5.74, 6) is -0.894. The Balaban J connectivity index is 1.99. The highest BCUT2D eigenvalue weighted by atomic mass is 19.1. The van der Waals surface area contributed by atoms with E-state index in [0.717, 1.165) is 23.4 Å². The summed E-state index contributed by atoms with van der Waals surface area (Å²) < 4.78 is 32.2. The number of hydrogen-bond acceptors (Lipinski definition) is 2. The molecule has 0 atom stereocenters. The monoisotopic (exact) mass is 334 g/mol. The van der Waals surface area contributed by atoms with E-state index in [2.05, 4.69) is 10.6 Å². The molecule has 2 aromatic rings. The molecule has 0 radical (unpaired) electrons. The lowest BCUT2D eigenvalue weighted by molar-refractivity contribution is 0.249. The number of ether oxygens (including phenoxy) is 1. The highest BCUT2D eigenvalue weighted by Gasteiger charge is 2.22. The van der Waals surface area contributed by atoms with Gasteiger partial charge >= 0.3 is 6.03 Å². The summed E-state index contributed by atoms with van der Waals surface area (Å²) in [6, 6.07) is 10.2. The van der Waals surface area contributed by atoms with E-state index in [4.69, 9.17) is 4.74 Å². The Kier molecular flexibility index (Phi) is 5.39. The number of carbonyl (C=O) groups excluding carboxylic acids is 1.